The first kappa shape index (κ1) is 11.4. The van der Waals surface area contributed by atoms with Crippen LogP contribution in [0.25, 0.3) is 5.69 Å². The molecule has 0 fully saturated rings. The lowest BCUT2D eigenvalue weighted by atomic mass is 10.1. The quantitative estimate of drug-likeness (QED) is 0.831. The van der Waals surface area contributed by atoms with Gasteiger partial charge in [-0.3, -0.25) is 4.98 Å². The summed E-state index contributed by atoms with van der Waals surface area (Å²) in [5.74, 6) is 0. The highest BCUT2D eigenvalue weighted by Crippen LogP contribution is 2.30. The fraction of sp³-hybridized carbons (Fsp3) is 0.200. The van der Waals surface area contributed by atoms with Crippen LogP contribution in [0.5, 0.6) is 0 Å². The normalized spacial score (nSPS) is 11.8. The molecule has 0 aliphatic heterocycles. The summed E-state index contributed by atoms with van der Waals surface area (Å²) in [4.78, 5) is 13.6. The maximum absolute atomic E-state index is 12.4. The second kappa shape index (κ2) is 3.76. The van der Waals surface area contributed by atoms with Crippen LogP contribution in [-0.2, 0) is 6.18 Å². The van der Waals surface area contributed by atoms with E-state index in [1.165, 1.54) is 19.3 Å². The van der Waals surface area contributed by atoms with Gasteiger partial charge >= 0.3 is 11.9 Å². The summed E-state index contributed by atoms with van der Waals surface area (Å²) in [5.41, 5.74) is -0.589. The number of aromatic amines is 1. The number of nitrogens with one attached hydrogen (secondary N) is 1. The van der Waals surface area contributed by atoms with Gasteiger partial charge in [-0.2, -0.15) is 23.0 Å². The van der Waals surface area contributed by atoms with E-state index in [1.807, 2.05) is 0 Å². The van der Waals surface area contributed by atoms with Crippen molar-refractivity contribution < 1.29 is 13.2 Å². The minimum atomic E-state index is -4.39. The molecule has 2 aromatic rings. The molecule has 4 nitrogen and oxygen atoms in total. The molecule has 17 heavy (non-hydrogen) atoms. The van der Waals surface area contributed by atoms with Crippen LogP contribution in [0.1, 0.15) is 11.1 Å². The Bertz CT molecular complexity index is 597. The van der Waals surface area contributed by atoms with E-state index in [4.69, 9.17) is 0 Å². The van der Waals surface area contributed by atoms with Crippen LogP contribution < -0.4 is 5.69 Å². The van der Waals surface area contributed by atoms with Gasteiger partial charge in [0.2, 0.25) is 0 Å². The van der Waals surface area contributed by atoms with Gasteiger partial charge in [-0.1, -0.05) is 0 Å². The molecule has 0 unspecified atom stereocenters. The fourth-order valence-electron chi connectivity index (χ4n) is 1.50. The van der Waals surface area contributed by atoms with Crippen molar-refractivity contribution >= 4 is 0 Å². The van der Waals surface area contributed by atoms with Crippen LogP contribution in [0.4, 0.5) is 13.2 Å². The van der Waals surface area contributed by atoms with Crippen LogP contribution in [0.2, 0.25) is 0 Å². The van der Waals surface area contributed by atoms with Gasteiger partial charge < -0.3 is 0 Å². The van der Waals surface area contributed by atoms with Crippen molar-refractivity contribution in [3.8, 4) is 5.69 Å². The van der Waals surface area contributed by atoms with Crippen molar-refractivity contribution in [2.75, 3.05) is 0 Å². The Labute approximate surface area is 93.7 Å². The maximum Gasteiger partial charge on any atom is 0.416 e. The van der Waals surface area contributed by atoms with E-state index in [0.29, 0.717) is 11.3 Å². The highest BCUT2D eigenvalue weighted by molar-refractivity contribution is 5.42. The molecule has 1 aromatic carbocycles. The van der Waals surface area contributed by atoms with Crippen molar-refractivity contribution in [3.05, 3.63) is 46.1 Å². The monoisotopic (exact) mass is 243 g/mol. The van der Waals surface area contributed by atoms with Crippen LogP contribution in [0, 0.1) is 6.92 Å². The molecule has 0 radical (unpaired) electrons. The summed E-state index contributed by atoms with van der Waals surface area (Å²) in [6.45, 7) is 1.49. The van der Waals surface area contributed by atoms with E-state index >= 15 is 0 Å². The Morgan fingerprint density at radius 2 is 2.06 bits per heavy atom. The molecule has 0 bridgehead atoms. The van der Waals surface area contributed by atoms with Crippen LogP contribution >= 0.6 is 0 Å². The zero-order valence-corrected chi connectivity index (χ0v) is 8.75. The first-order valence-electron chi connectivity index (χ1n) is 4.70. The molecular formula is C10H8F3N3O. The predicted molar refractivity (Wildman–Crippen MR) is 53.9 cm³/mol. The molecule has 0 aliphatic carbocycles. The summed E-state index contributed by atoms with van der Waals surface area (Å²) >= 11 is 0. The molecule has 1 heterocycles. The number of hydrogen-bond donors (Lipinski definition) is 1. The second-order valence-corrected chi connectivity index (χ2v) is 3.50. The summed E-state index contributed by atoms with van der Waals surface area (Å²) in [6.07, 6.45) is -3.21. The van der Waals surface area contributed by atoms with Crippen molar-refractivity contribution in [2.24, 2.45) is 0 Å². The highest BCUT2D eigenvalue weighted by Gasteiger charge is 2.30. The van der Waals surface area contributed by atoms with Crippen molar-refractivity contribution in [3.63, 3.8) is 0 Å². The molecule has 90 valence electrons. The lowest BCUT2D eigenvalue weighted by Crippen LogP contribution is -2.17. The molecule has 2 rings (SSSR count). The topological polar surface area (TPSA) is 50.7 Å². The third kappa shape index (κ3) is 2.08. The lowest BCUT2D eigenvalue weighted by molar-refractivity contribution is -0.137. The Balaban J connectivity index is 2.54. The molecular weight excluding hydrogens is 235 g/mol. The Kier molecular flexibility index (Phi) is 2.53. The van der Waals surface area contributed by atoms with Crippen molar-refractivity contribution in [1.82, 2.24) is 14.8 Å². The zero-order valence-electron chi connectivity index (χ0n) is 8.75. The average Bonchev–Trinajstić information content (AvgIpc) is 2.63. The number of alkyl halides is 3. The molecule has 0 aliphatic rings. The van der Waals surface area contributed by atoms with E-state index in [2.05, 4.69) is 10.1 Å². The molecule has 0 amide bonds. The van der Waals surface area contributed by atoms with E-state index in [9.17, 15) is 18.0 Å². The number of halogens is 3. The number of aryl methyl sites for hydroxylation is 1. The summed E-state index contributed by atoms with van der Waals surface area (Å²) in [7, 11) is 0. The molecule has 0 spiro atoms. The van der Waals surface area contributed by atoms with Gasteiger partial charge in [0, 0.05) is 0 Å². The van der Waals surface area contributed by atoms with Gasteiger partial charge in [0.1, 0.15) is 6.33 Å². The number of benzene rings is 1. The minimum absolute atomic E-state index is 0.323. The standard InChI is InChI=1S/C10H8F3N3O/c1-6-4-7(10(11,12)13)2-3-8(6)16-9(17)14-5-15-16/h2-5H,1H3,(H,14,15,17). The van der Waals surface area contributed by atoms with Gasteiger partial charge in [-0.25, -0.2) is 4.79 Å². The Morgan fingerprint density at radius 3 is 2.53 bits per heavy atom. The molecule has 1 aromatic heterocycles. The fourth-order valence-corrected chi connectivity index (χ4v) is 1.50. The number of aromatic nitrogens is 3. The van der Waals surface area contributed by atoms with E-state index in [1.54, 1.807) is 0 Å². The van der Waals surface area contributed by atoms with Crippen LogP contribution in [0.15, 0.2) is 29.3 Å². The second-order valence-electron chi connectivity index (χ2n) is 3.50. The predicted octanol–water partition coefficient (Wildman–Crippen LogP) is 1.89. The van der Waals surface area contributed by atoms with Gasteiger partial charge in [0.05, 0.1) is 11.3 Å². The van der Waals surface area contributed by atoms with Crippen LogP contribution in [0.3, 0.4) is 0 Å². The summed E-state index contributed by atoms with van der Waals surface area (Å²) in [5, 5.41) is 3.71. The van der Waals surface area contributed by atoms with Gasteiger partial charge in [0.15, 0.2) is 0 Å². The van der Waals surface area contributed by atoms with Crippen molar-refractivity contribution in [2.45, 2.75) is 13.1 Å². The molecule has 7 heteroatoms. The van der Waals surface area contributed by atoms with Gasteiger partial charge in [0.25, 0.3) is 0 Å². The highest BCUT2D eigenvalue weighted by atomic mass is 19.4. The zero-order chi connectivity index (χ0) is 12.6. The number of nitrogens with zero attached hydrogens (tertiary/aromatic N) is 2. The van der Waals surface area contributed by atoms with Crippen molar-refractivity contribution in [1.29, 1.82) is 0 Å². The maximum atomic E-state index is 12.4. The third-order valence-corrected chi connectivity index (χ3v) is 2.31. The summed E-state index contributed by atoms with van der Waals surface area (Å²) < 4.78 is 38.3. The largest absolute Gasteiger partial charge is 0.416 e. The SMILES string of the molecule is Cc1cc(C(F)(F)F)ccc1-n1nc[nH]c1=O. The van der Waals surface area contributed by atoms with E-state index in [0.717, 1.165) is 16.8 Å². The van der Waals surface area contributed by atoms with E-state index < -0.39 is 17.4 Å². The van der Waals surface area contributed by atoms with E-state index in [-0.39, 0.29) is 0 Å². The number of H-pyrrole nitrogens is 1. The number of rotatable bonds is 1. The summed E-state index contributed by atoms with van der Waals surface area (Å²) in [6, 6.07) is 3.13. The Morgan fingerprint density at radius 1 is 1.35 bits per heavy atom. The molecule has 0 atom stereocenters. The molecule has 0 saturated carbocycles. The Hall–Kier alpha value is -2.05. The lowest BCUT2D eigenvalue weighted by Gasteiger charge is -2.10. The molecule has 0 saturated heterocycles. The third-order valence-electron chi connectivity index (χ3n) is 2.31. The van der Waals surface area contributed by atoms with Gasteiger partial charge in [-0.15, -0.1) is 0 Å². The first-order chi connectivity index (χ1) is 7.89. The number of hydrogen-bond acceptors (Lipinski definition) is 2. The molecule has 1 N–H and O–H groups in total. The minimum Gasteiger partial charge on any atom is -0.295 e. The van der Waals surface area contributed by atoms with Crippen LogP contribution in [-0.4, -0.2) is 14.8 Å². The van der Waals surface area contributed by atoms with Gasteiger partial charge in [-0.05, 0) is 30.7 Å². The smallest absolute Gasteiger partial charge is 0.295 e. The average molecular weight is 243 g/mol. The first-order valence-corrected chi connectivity index (χ1v) is 4.70.